The van der Waals surface area contributed by atoms with Crippen LogP contribution in [0.1, 0.15) is 26.0 Å². The smallest absolute Gasteiger partial charge is 0.297 e. The van der Waals surface area contributed by atoms with E-state index >= 15 is 0 Å². The van der Waals surface area contributed by atoms with E-state index in [1.165, 1.54) is 0 Å². The monoisotopic (exact) mass is 257 g/mol. The van der Waals surface area contributed by atoms with E-state index < -0.39 is 0 Å². The summed E-state index contributed by atoms with van der Waals surface area (Å²) in [6.45, 7) is 6.00. The molecule has 4 nitrogen and oxygen atoms in total. The second kappa shape index (κ2) is 7.61. The summed E-state index contributed by atoms with van der Waals surface area (Å²) >= 11 is 1.87. The molecule has 0 aromatic carbocycles. The fourth-order valence-corrected chi connectivity index (χ4v) is 2.04. The fourth-order valence-electron chi connectivity index (χ4n) is 1.46. The van der Waals surface area contributed by atoms with Crippen molar-refractivity contribution in [3.05, 3.63) is 12.0 Å². The van der Waals surface area contributed by atoms with Crippen LogP contribution < -0.4 is 10.2 Å². The van der Waals surface area contributed by atoms with Crippen molar-refractivity contribution in [2.75, 3.05) is 30.5 Å². The van der Waals surface area contributed by atoms with Crippen molar-refractivity contribution < 1.29 is 4.42 Å². The summed E-state index contributed by atoms with van der Waals surface area (Å²) in [5.74, 6) is 1.16. The molecule has 1 unspecified atom stereocenters. The molecule has 0 aliphatic heterocycles. The van der Waals surface area contributed by atoms with Crippen LogP contribution in [-0.2, 0) is 6.54 Å². The Morgan fingerprint density at radius 1 is 1.59 bits per heavy atom. The Bertz CT molecular complexity index is 316. The van der Waals surface area contributed by atoms with Gasteiger partial charge in [0.05, 0.1) is 5.69 Å². The van der Waals surface area contributed by atoms with Crippen LogP contribution in [0.3, 0.4) is 0 Å². The Hall–Kier alpha value is -0.680. The molecule has 0 aliphatic rings. The molecular weight excluding hydrogens is 234 g/mol. The van der Waals surface area contributed by atoms with Gasteiger partial charge in [0.25, 0.3) is 6.01 Å². The molecule has 0 radical (unpaired) electrons. The number of aromatic nitrogens is 1. The zero-order valence-corrected chi connectivity index (χ0v) is 12.0. The highest BCUT2D eigenvalue weighted by molar-refractivity contribution is 7.98. The summed E-state index contributed by atoms with van der Waals surface area (Å²) in [5.41, 5.74) is 0.964. The standard InChI is InChI=1S/C12H23N3OS/c1-5-13-8-11-9-16-12(14-11)15(3)10(2)6-7-17-4/h9-10,13H,5-8H2,1-4H3. The number of nitrogens with zero attached hydrogens (tertiary/aromatic N) is 2. The quantitative estimate of drug-likeness (QED) is 0.774. The topological polar surface area (TPSA) is 41.3 Å². The summed E-state index contributed by atoms with van der Waals surface area (Å²) in [5, 5.41) is 3.24. The van der Waals surface area contributed by atoms with E-state index in [0.717, 1.165) is 31.0 Å². The fraction of sp³-hybridized carbons (Fsp3) is 0.750. The Labute approximate surface area is 108 Å². The maximum atomic E-state index is 5.49. The largest absolute Gasteiger partial charge is 0.432 e. The SMILES string of the molecule is CCNCc1coc(N(C)C(C)CCSC)n1. The van der Waals surface area contributed by atoms with E-state index in [0.29, 0.717) is 12.1 Å². The minimum Gasteiger partial charge on any atom is -0.432 e. The number of thioether (sulfide) groups is 1. The highest BCUT2D eigenvalue weighted by atomic mass is 32.2. The van der Waals surface area contributed by atoms with Gasteiger partial charge >= 0.3 is 0 Å². The highest BCUT2D eigenvalue weighted by Gasteiger charge is 2.14. The number of hydrogen-bond donors (Lipinski definition) is 1. The van der Waals surface area contributed by atoms with Crippen LogP contribution in [0.25, 0.3) is 0 Å². The summed E-state index contributed by atoms with van der Waals surface area (Å²) in [6.07, 6.45) is 5.00. The van der Waals surface area contributed by atoms with Gasteiger partial charge in [0.15, 0.2) is 0 Å². The lowest BCUT2D eigenvalue weighted by Gasteiger charge is -2.22. The molecule has 1 atom stereocenters. The van der Waals surface area contributed by atoms with Gasteiger partial charge in [0, 0.05) is 19.6 Å². The first-order chi connectivity index (χ1) is 8.19. The Morgan fingerprint density at radius 2 is 2.35 bits per heavy atom. The lowest BCUT2D eigenvalue weighted by Crippen LogP contribution is -2.29. The van der Waals surface area contributed by atoms with Crippen molar-refractivity contribution in [2.24, 2.45) is 0 Å². The summed E-state index contributed by atoms with van der Waals surface area (Å²) in [6, 6.07) is 1.17. The number of rotatable bonds is 8. The molecule has 0 bridgehead atoms. The Balaban J connectivity index is 2.50. The molecule has 0 saturated heterocycles. The van der Waals surface area contributed by atoms with Crippen molar-refractivity contribution in [3.8, 4) is 0 Å². The second-order valence-corrected chi connectivity index (χ2v) is 5.13. The predicted octanol–water partition coefficient (Wildman–Crippen LogP) is 2.36. The molecule has 17 heavy (non-hydrogen) atoms. The van der Waals surface area contributed by atoms with Crippen LogP contribution in [0.4, 0.5) is 6.01 Å². The van der Waals surface area contributed by atoms with Crippen molar-refractivity contribution in [2.45, 2.75) is 32.9 Å². The number of nitrogens with one attached hydrogen (secondary N) is 1. The van der Waals surface area contributed by atoms with E-state index in [4.69, 9.17) is 4.42 Å². The van der Waals surface area contributed by atoms with Gasteiger partial charge in [-0.1, -0.05) is 6.92 Å². The third-order valence-corrected chi connectivity index (χ3v) is 3.44. The van der Waals surface area contributed by atoms with Crippen LogP contribution in [0.15, 0.2) is 10.7 Å². The minimum absolute atomic E-state index is 0.452. The first kappa shape index (κ1) is 14.4. The van der Waals surface area contributed by atoms with Crippen molar-refractivity contribution in [3.63, 3.8) is 0 Å². The van der Waals surface area contributed by atoms with Gasteiger partial charge in [-0.25, -0.2) is 0 Å². The molecule has 0 fully saturated rings. The first-order valence-electron chi connectivity index (χ1n) is 6.06. The molecule has 98 valence electrons. The maximum absolute atomic E-state index is 5.49. The molecule has 0 spiro atoms. The lowest BCUT2D eigenvalue weighted by molar-refractivity contribution is 0.516. The van der Waals surface area contributed by atoms with Gasteiger partial charge in [-0.05, 0) is 31.9 Å². The maximum Gasteiger partial charge on any atom is 0.297 e. The van der Waals surface area contributed by atoms with Crippen LogP contribution in [-0.4, -0.2) is 36.6 Å². The number of hydrogen-bond acceptors (Lipinski definition) is 5. The van der Waals surface area contributed by atoms with Crippen LogP contribution in [0.2, 0.25) is 0 Å². The van der Waals surface area contributed by atoms with Gasteiger partial charge in [-0.3, -0.25) is 0 Å². The van der Waals surface area contributed by atoms with Crippen molar-refractivity contribution >= 4 is 17.8 Å². The predicted molar refractivity (Wildman–Crippen MR) is 74.7 cm³/mol. The van der Waals surface area contributed by atoms with Gasteiger partial charge in [0.2, 0.25) is 0 Å². The molecule has 1 rings (SSSR count). The van der Waals surface area contributed by atoms with Crippen LogP contribution in [0.5, 0.6) is 0 Å². The average Bonchev–Trinajstić information content (AvgIpc) is 2.81. The van der Waals surface area contributed by atoms with Gasteiger partial charge in [-0.2, -0.15) is 16.7 Å². The van der Waals surface area contributed by atoms with Crippen molar-refractivity contribution in [1.29, 1.82) is 0 Å². The molecule has 5 heteroatoms. The van der Waals surface area contributed by atoms with Crippen LogP contribution in [0, 0.1) is 0 Å². The molecular formula is C12H23N3OS. The second-order valence-electron chi connectivity index (χ2n) is 4.14. The third-order valence-electron chi connectivity index (χ3n) is 2.80. The van der Waals surface area contributed by atoms with E-state index in [1.54, 1.807) is 6.26 Å². The number of anilines is 1. The molecule has 1 aromatic rings. The van der Waals surface area contributed by atoms with E-state index in [-0.39, 0.29) is 0 Å². The molecule has 1 heterocycles. The minimum atomic E-state index is 0.452. The Morgan fingerprint density at radius 3 is 3.00 bits per heavy atom. The van der Waals surface area contributed by atoms with Gasteiger partial charge in [0.1, 0.15) is 6.26 Å². The molecule has 1 N–H and O–H groups in total. The lowest BCUT2D eigenvalue weighted by atomic mass is 10.2. The van der Waals surface area contributed by atoms with Crippen molar-refractivity contribution in [1.82, 2.24) is 10.3 Å². The normalized spacial score (nSPS) is 12.7. The molecule has 1 aromatic heterocycles. The van der Waals surface area contributed by atoms with E-state index in [2.05, 4.69) is 35.3 Å². The van der Waals surface area contributed by atoms with E-state index in [9.17, 15) is 0 Å². The highest BCUT2D eigenvalue weighted by Crippen LogP contribution is 2.16. The third kappa shape index (κ3) is 4.60. The van der Waals surface area contributed by atoms with Crippen LogP contribution >= 0.6 is 11.8 Å². The number of oxazole rings is 1. The summed E-state index contributed by atoms with van der Waals surface area (Å²) in [7, 11) is 2.04. The first-order valence-corrected chi connectivity index (χ1v) is 7.45. The zero-order valence-electron chi connectivity index (χ0n) is 11.2. The summed E-state index contributed by atoms with van der Waals surface area (Å²) in [4.78, 5) is 6.57. The molecule has 0 saturated carbocycles. The zero-order chi connectivity index (χ0) is 12.7. The molecule has 0 amide bonds. The summed E-state index contributed by atoms with van der Waals surface area (Å²) < 4.78 is 5.49. The average molecular weight is 257 g/mol. The van der Waals surface area contributed by atoms with Gasteiger partial charge in [-0.15, -0.1) is 0 Å². The molecule has 0 aliphatic carbocycles. The Kier molecular flexibility index (Phi) is 6.44. The van der Waals surface area contributed by atoms with Gasteiger partial charge < -0.3 is 14.6 Å². The van der Waals surface area contributed by atoms with E-state index in [1.807, 2.05) is 18.8 Å².